The molecule has 0 aliphatic rings. The molecule has 2 N–H and O–H groups in total. The first-order chi connectivity index (χ1) is 8.01. The van der Waals surface area contributed by atoms with Crippen molar-refractivity contribution in [1.82, 2.24) is 0 Å². The van der Waals surface area contributed by atoms with Gasteiger partial charge in [-0.3, -0.25) is 0 Å². The normalized spacial score (nSPS) is 12.3. The molecule has 3 heteroatoms. The number of esters is 1. The van der Waals surface area contributed by atoms with Gasteiger partial charge in [-0.25, -0.2) is 4.79 Å². The molecule has 0 amide bonds. The summed E-state index contributed by atoms with van der Waals surface area (Å²) < 4.78 is 4.76. The second-order valence-corrected chi connectivity index (χ2v) is 4.48. The minimum Gasteiger partial charge on any atom is -0.465 e. The molecule has 0 spiro atoms. The topological polar surface area (TPSA) is 52.3 Å². The number of carbonyl (C=O) groups is 1. The van der Waals surface area contributed by atoms with E-state index in [0.29, 0.717) is 18.0 Å². The van der Waals surface area contributed by atoms with Crippen LogP contribution in [-0.2, 0) is 4.74 Å². The summed E-state index contributed by atoms with van der Waals surface area (Å²) in [5, 5.41) is 0. The van der Waals surface area contributed by atoms with E-state index in [1.165, 1.54) is 18.2 Å². The lowest BCUT2D eigenvalue weighted by atomic mass is 9.89. The number of hydrogen-bond acceptors (Lipinski definition) is 3. The summed E-state index contributed by atoms with van der Waals surface area (Å²) in [5.74, 6) is 0.0811. The molecule has 0 heterocycles. The number of ether oxygens (including phenoxy) is 1. The van der Waals surface area contributed by atoms with Crippen LogP contribution >= 0.6 is 0 Å². The molecule has 94 valence electrons. The largest absolute Gasteiger partial charge is 0.465 e. The van der Waals surface area contributed by atoms with Crippen LogP contribution in [0.5, 0.6) is 0 Å². The van der Waals surface area contributed by atoms with E-state index >= 15 is 0 Å². The van der Waals surface area contributed by atoms with Crippen LogP contribution in [0.15, 0.2) is 12.1 Å². The van der Waals surface area contributed by atoms with Crippen LogP contribution in [-0.4, -0.2) is 19.6 Å². The SMILES string of the molecule is COC(=O)c1cc(C)c(C)c(C(C)CCN)c1. The number of nitrogens with two attached hydrogens (primary N) is 1. The second kappa shape index (κ2) is 5.82. The van der Waals surface area contributed by atoms with Gasteiger partial charge in [-0.1, -0.05) is 6.92 Å². The van der Waals surface area contributed by atoms with Crippen LogP contribution in [0.3, 0.4) is 0 Å². The average Bonchev–Trinajstić information content (AvgIpc) is 2.31. The standard InChI is InChI=1S/C14H21NO2/c1-9(5-6-15)13-8-12(14(16)17-4)7-10(2)11(13)3/h7-9H,5-6,15H2,1-4H3. The van der Waals surface area contributed by atoms with Crippen molar-refractivity contribution in [3.63, 3.8) is 0 Å². The van der Waals surface area contributed by atoms with Crippen LogP contribution in [0.2, 0.25) is 0 Å². The predicted molar refractivity (Wildman–Crippen MR) is 69.3 cm³/mol. The number of methoxy groups -OCH3 is 1. The van der Waals surface area contributed by atoms with Crippen LogP contribution in [0, 0.1) is 13.8 Å². The van der Waals surface area contributed by atoms with Gasteiger partial charge in [-0.2, -0.15) is 0 Å². The summed E-state index contributed by atoms with van der Waals surface area (Å²) in [4.78, 5) is 11.6. The van der Waals surface area contributed by atoms with Gasteiger partial charge in [-0.05, 0) is 61.6 Å². The molecule has 0 aliphatic heterocycles. The Morgan fingerprint density at radius 2 is 2.06 bits per heavy atom. The second-order valence-electron chi connectivity index (χ2n) is 4.48. The molecular formula is C14H21NO2. The quantitative estimate of drug-likeness (QED) is 0.816. The Hall–Kier alpha value is -1.35. The summed E-state index contributed by atoms with van der Waals surface area (Å²) in [6, 6.07) is 3.80. The van der Waals surface area contributed by atoms with Gasteiger partial charge in [0.25, 0.3) is 0 Å². The molecule has 0 bridgehead atoms. The Balaban J connectivity index is 3.19. The Bertz CT molecular complexity index is 413. The molecule has 17 heavy (non-hydrogen) atoms. The smallest absolute Gasteiger partial charge is 0.337 e. The Morgan fingerprint density at radius 1 is 1.41 bits per heavy atom. The molecule has 0 aromatic heterocycles. The predicted octanol–water partition coefficient (Wildman–Crippen LogP) is 2.54. The highest BCUT2D eigenvalue weighted by molar-refractivity contribution is 5.90. The zero-order valence-electron chi connectivity index (χ0n) is 11.0. The van der Waals surface area contributed by atoms with Crippen LogP contribution in [0.1, 0.15) is 46.3 Å². The maximum atomic E-state index is 11.6. The zero-order chi connectivity index (χ0) is 13.0. The summed E-state index contributed by atoms with van der Waals surface area (Å²) in [5.41, 5.74) is 9.75. The summed E-state index contributed by atoms with van der Waals surface area (Å²) in [6.45, 7) is 6.89. The molecule has 0 radical (unpaired) electrons. The lowest BCUT2D eigenvalue weighted by Crippen LogP contribution is -2.09. The van der Waals surface area contributed by atoms with Crippen molar-refractivity contribution in [3.05, 3.63) is 34.4 Å². The average molecular weight is 235 g/mol. The first-order valence-corrected chi connectivity index (χ1v) is 5.90. The van der Waals surface area contributed by atoms with Gasteiger partial charge in [0, 0.05) is 0 Å². The summed E-state index contributed by atoms with van der Waals surface area (Å²) in [6.07, 6.45) is 0.922. The molecule has 0 saturated carbocycles. The van der Waals surface area contributed by atoms with Crippen molar-refractivity contribution in [3.8, 4) is 0 Å². The summed E-state index contributed by atoms with van der Waals surface area (Å²) >= 11 is 0. The third-order valence-corrected chi connectivity index (χ3v) is 3.26. The number of rotatable bonds is 4. The van der Waals surface area contributed by atoms with E-state index in [-0.39, 0.29) is 5.97 Å². The molecule has 1 aromatic carbocycles. The van der Waals surface area contributed by atoms with Crippen LogP contribution in [0.4, 0.5) is 0 Å². The minimum atomic E-state index is -0.283. The lowest BCUT2D eigenvalue weighted by Gasteiger charge is -2.17. The van der Waals surface area contributed by atoms with E-state index in [4.69, 9.17) is 10.5 Å². The number of aryl methyl sites for hydroxylation is 1. The van der Waals surface area contributed by atoms with Crippen LogP contribution < -0.4 is 5.73 Å². The molecule has 3 nitrogen and oxygen atoms in total. The Labute approximate surface area is 103 Å². The van der Waals surface area contributed by atoms with Crippen molar-refractivity contribution < 1.29 is 9.53 Å². The van der Waals surface area contributed by atoms with Gasteiger partial charge < -0.3 is 10.5 Å². The van der Waals surface area contributed by atoms with E-state index in [1.54, 1.807) is 0 Å². The maximum absolute atomic E-state index is 11.6. The monoisotopic (exact) mass is 235 g/mol. The van der Waals surface area contributed by atoms with E-state index in [2.05, 4.69) is 13.8 Å². The molecule has 0 fully saturated rings. The summed E-state index contributed by atoms with van der Waals surface area (Å²) in [7, 11) is 1.40. The molecule has 0 aliphatic carbocycles. The van der Waals surface area contributed by atoms with E-state index in [0.717, 1.165) is 12.0 Å². The first-order valence-electron chi connectivity index (χ1n) is 5.90. The lowest BCUT2D eigenvalue weighted by molar-refractivity contribution is 0.0600. The molecule has 1 unspecified atom stereocenters. The van der Waals surface area contributed by atoms with Gasteiger partial charge in [0.2, 0.25) is 0 Å². The van der Waals surface area contributed by atoms with Crippen molar-refractivity contribution in [2.45, 2.75) is 33.1 Å². The number of carbonyl (C=O) groups excluding carboxylic acids is 1. The van der Waals surface area contributed by atoms with Gasteiger partial charge in [0.05, 0.1) is 12.7 Å². The van der Waals surface area contributed by atoms with E-state index in [1.807, 2.05) is 19.1 Å². The zero-order valence-corrected chi connectivity index (χ0v) is 11.0. The van der Waals surface area contributed by atoms with Gasteiger partial charge in [-0.15, -0.1) is 0 Å². The molecule has 1 aromatic rings. The third-order valence-electron chi connectivity index (χ3n) is 3.26. The Morgan fingerprint density at radius 3 is 2.59 bits per heavy atom. The van der Waals surface area contributed by atoms with Crippen molar-refractivity contribution in [2.24, 2.45) is 5.73 Å². The molecule has 1 rings (SSSR count). The van der Waals surface area contributed by atoms with E-state index in [9.17, 15) is 4.79 Å². The van der Waals surface area contributed by atoms with Crippen molar-refractivity contribution in [1.29, 1.82) is 0 Å². The third kappa shape index (κ3) is 3.07. The minimum absolute atomic E-state index is 0.283. The highest BCUT2D eigenvalue weighted by Gasteiger charge is 2.14. The first kappa shape index (κ1) is 13.7. The van der Waals surface area contributed by atoms with Gasteiger partial charge >= 0.3 is 5.97 Å². The van der Waals surface area contributed by atoms with Crippen molar-refractivity contribution in [2.75, 3.05) is 13.7 Å². The number of benzene rings is 1. The highest BCUT2D eigenvalue weighted by atomic mass is 16.5. The molecule has 1 atom stereocenters. The van der Waals surface area contributed by atoms with Gasteiger partial charge in [0.15, 0.2) is 0 Å². The highest BCUT2D eigenvalue weighted by Crippen LogP contribution is 2.26. The maximum Gasteiger partial charge on any atom is 0.337 e. The van der Waals surface area contributed by atoms with Crippen molar-refractivity contribution >= 4 is 5.97 Å². The van der Waals surface area contributed by atoms with Gasteiger partial charge in [0.1, 0.15) is 0 Å². The fraction of sp³-hybridized carbons (Fsp3) is 0.500. The molecular weight excluding hydrogens is 214 g/mol. The van der Waals surface area contributed by atoms with E-state index < -0.39 is 0 Å². The Kier molecular flexibility index (Phi) is 4.70. The van der Waals surface area contributed by atoms with Crippen LogP contribution in [0.25, 0.3) is 0 Å². The number of hydrogen-bond donors (Lipinski definition) is 1. The molecule has 0 saturated heterocycles. The fourth-order valence-corrected chi connectivity index (χ4v) is 2.04. The fourth-order valence-electron chi connectivity index (χ4n) is 2.04.